The number of hydrogen-bond donors (Lipinski definition) is 0. The van der Waals surface area contributed by atoms with E-state index >= 15 is 0 Å². The average Bonchev–Trinajstić information content (AvgIpc) is 3.02. The van der Waals surface area contributed by atoms with E-state index in [4.69, 9.17) is 4.74 Å². The fourth-order valence-electron chi connectivity index (χ4n) is 1.33. The van der Waals surface area contributed by atoms with Crippen molar-refractivity contribution in [1.82, 2.24) is 9.97 Å². The molecule has 1 saturated carbocycles. The number of aromatic nitrogens is 2. The van der Waals surface area contributed by atoms with E-state index in [9.17, 15) is 4.79 Å². The average molecular weight is 191 g/mol. The van der Waals surface area contributed by atoms with Gasteiger partial charge in [-0.25, -0.2) is 9.78 Å². The van der Waals surface area contributed by atoms with Gasteiger partial charge in [0.2, 0.25) is 12.0 Å². The Hall–Kier alpha value is -1.74. The van der Waals surface area contributed by atoms with Crippen LogP contribution in [0.25, 0.3) is 0 Å². The Morgan fingerprint density at radius 3 is 2.93 bits per heavy atom. The van der Waals surface area contributed by atoms with Crippen LogP contribution in [0, 0.1) is 0 Å². The van der Waals surface area contributed by atoms with E-state index in [-0.39, 0.29) is 0 Å². The summed E-state index contributed by atoms with van der Waals surface area (Å²) in [5, 5.41) is 0. The van der Waals surface area contributed by atoms with Gasteiger partial charge in [0.25, 0.3) is 0 Å². The van der Waals surface area contributed by atoms with Gasteiger partial charge in [0.1, 0.15) is 6.33 Å². The van der Waals surface area contributed by atoms with E-state index in [0.717, 1.165) is 18.5 Å². The van der Waals surface area contributed by atoms with Gasteiger partial charge in [0.05, 0.1) is 12.8 Å². The number of hydrogen-bond acceptors (Lipinski definition) is 5. The maximum Gasteiger partial charge on any atom is 0.244 e. The number of aliphatic imine (C=N–C) groups is 1. The quantitative estimate of drug-likeness (QED) is 0.534. The molecule has 0 saturated heterocycles. The second-order valence-electron chi connectivity index (χ2n) is 3.09. The van der Waals surface area contributed by atoms with E-state index in [1.165, 1.54) is 19.5 Å². The van der Waals surface area contributed by atoms with Crippen LogP contribution in [-0.2, 0) is 4.79 Å². The summed E-state index contributed by atoms with van der Waals surface area (Å²) in [6.45, 7) is 0. The molecular formula is C9H9N3O2. The molecule has 1 heterocycles. The van der Waals surface area contributed by atoms with Gasteiger partial charge in [-0.1, -0.05) is 0 Å². The molecule has 0 N–H and O–H groups in total. The predicted molar refractivity (Wildman–Crippen MR) is 48.3 cm³/mol. The molecule has 5 heteroatoms. The molecule has 1 aliphatic rings. The first-order valence-electron chi connectivity index (χ1n) is 4.33. The van der Waals surface area contributed by atoms with Crippen LogP contribution in [0.15, 0.2) is 11.3 Å². The molecule has 1 fully saturated rings. The molecule has 0 radical (unpaired) electrons. The van der Waals surface area contributed by atoms with Crippen molar-refractivity contribution in [2.45, 2.75) is 18.8 Å². The molecule has 14 heavy (non-hydrogen) atoms. The fraction of sp³-hybridized carbons (Fsp3) is 0.444. The molecule has 0 unspecified atom stereocenters. The van der Waals surface area contributed by atoms with Crippen LogP contribution in [0.2, 0.25) is 0 Å². The number of nitrogens with zero attached hydrogens (tertiary/aromatic N) is 3. The zero-order valence-corrected chi connectivity index (χ0v) is 7.73. The lowest BCUT2D eigenvalue weighted by Gasteiger charge is -2.04. The number of ether oxygens (including phenoxy) is 1. The van der Waals surface area contributed by atoms with Crippen molar-refractivity contribution < 1.29 is 9.53 Å². The maximum atomic E-state index is 10.2. The molecule has 2 rings (SSSR count). The number of methoxy groups -OCH3 is 1. The normalized spacial score (nSPS) is 14.6. The van der Waals surface area contributed by atoms with Crippen LogP contribution in [0.4, 0.5) is 5.69 Å². The Morgan fingerprint density at radius 2 is 2.36 bits per heavy atom. The van der Waals surface area contributed by atoms with Crippen molar-refractivity contribution >= 4 is 11.8 Å². The van der Waals surface area contributed by atoms with Gasteiger partial charge in [0, 0.05) is 5.92 Å². The van der Waals surface area contributed by atoms with Gasteiger partial charge in [-0.05, 0) is 12.8 Å². The van der Waals surface area contributed by atoms with Crippen molar-refractivity contribution in [2.75, 3.05) is 7.11 Å². The highest BCUT2D eigenvalue weighted by atomic mass is 16.5. The van der Waals surface area contributed by atoms with Gasteiger partial charge in [-0.15, -0.1) is 0 Å². The number of rotatable bonds is 3. The van der Waals surface area contributed by atoms with Gasteiger partial charge < -0.3 is 4.74 Å². The number of isocyanates is 1. The van der Waals surface area contributed by atoms with E-state index in [2.05, 4.69) is 15.0 Å². The number of carbonyl (C=O) groups excluding carboxylic acids is 1. The van der Waals surface area contributed by atoms with Crippen molar-refractivity contribution in [3.8, 4) is 5.88 Å². The second kappa shape index (κ2) is 3.55. The molecular weight excluding hydrogens is 182 g/mol. The second-order valence-corrected chi connectivity index (χ2v) is 3.09. The fourth-order valence-corrected chi connectivity index (χ4v) is 1.33. The van der Waals surface area contributed by atoms with Crippen LogP contribution < -0.4 is 4.74 Å². The molecule has 1 aliphatic carbocycles. The van der Waals surface area contributed by atoms with Crippen molar-refractivity contribution in [2.24, 2.45) is 4.99 Å². The third-order valence-corrected chi connectivity index (χ3v) is 2.13. The summed E-state index contributed by atoms with van der Waals surface area (Å²) >= 11 is 0. The van der Waals surface area contributed by atoms with Crippen molar-refractivity contribution in [1.29, 1.82) is 0 Å². The summed E-state index contributed by atoms with van der Waals surface area (Å²) in [5.74, 6) is 0.740. The minimum absolute atomic E-state index is 0.338. The van der Waals surface area contributed by atoms with Crippen LogP contribution in [0.5, 0.6) is 5.88 Å². The van der Waals surface area contributed by atoms with Crippen LogP contribution in [0.1, 0.15) is 24.5 Å². The first-order valence-corrected chi connectivity index (χ1v) is 4.33. The molecule has 0 aliphatic heterocycles. The molecule has 0 amide bonds. The monoisotopic (exact) mass is 191 g/mol. The van der Waals surface area contributed by atoms with Gasteiger partial charge >= 0.3 is 0 Å². The molecule has 0 bridgehead atoms. The SMILES string of the molecule is COc1ncnc(C2CC2)c1N=C=O. The molecule has 5 nitrogen and oxygen atoms in total. The van der Waals surface area contributed by atoms with Crippen molar-refractivity contribution in [3.63, 3.8) is 0 Å². The van der Waals surface area contributed by atoms with E-state index in [1.807, 2.05) is 0 Å². The molecule has 1 aromatic heterocycles. The van der Waals surface area contributed by atoms with E-state index in [0.29, 0.717) is 17.5 Å². The predicted octanol–water partition coefficient (Wildman–Crippen LogP) is 1.33. The summed E-state index contributed by atoms with van der Waals surface area (Å²) in [4.78, 5) is 21.8. The summed E-state index contributed by atoms with van der Waals surface area (Å²) in [6.07, 6.45) is 5.09. The van der Waals surface area contributed by atoms with Crippen LogP contribution in [0.3, 0.4) is 0 Å². The van der Waals surface area contributed by atoms with Crippen LogP contribution in [-0.4, -0.2) is 23.2 Å². The smallest absolute Gasteiger partial charge is 0.244 e. The topological polar surface area (TPSA) is 64.4 Å². The summed E-state index contributed by atoms with van der Waals surface area (Å²) < 4.78 is 4.99. The molecule has 0 aromatic carbocycles. The summed E-state index contributed by atoms with van der Waals surface area (Å²) in [6, 6.07) is 0. The zero-order chi connectivity index (χ0) is 9.97. The molecule has 0 spiro atoms. The largest absolute Gasteiger partial charge is 0.479 e. The minimum atomic E-state index is 0.338. The Bertz CT molecular complexity index is 395. The first kappa shape index (κ1) is 8.84. The Morgan fingerprint density at radius 1 is 1.57 bits per heavy atom. The highest BCUT2D eigenvalue weighted by Crippen LogP contribution is 2.45. The third-order valence-electron chi connectivity index (χ3n) is 2.13. The Balaban J connectivity index is 2.51. The first-order chi connectivity index (χ1) is 6.86. The van der Waals surface area contributed by atoms with Crippen molar-refractivity contribution in [3.05, 3.63) is 12.0 Å². The standard InChI is InChI=1S/C9H9N3O2/c1-14-9-8(12-5-13)7(6-2-3-6)10-4-11-9/h4,6H,2-3H2,1H3. The molecule has 72 valence electrons. The van der Waals surface area contributed by atoms with E-state index in [1.54, 1.807) is 0 Å². The van der Waals surface area contributed by atoms with Gasteiger partial charge in [-0.2, -0.15) is 9.98 Å². The van der Waals surface area contributed by atoms with Gasteiger partial charge in [-0.3, -0.25) is 0 Å². The van der Waals surface area contributed by atoms with Crippen LogP contribution >= 0.6 is 0 Å². The summed E-state index contributed by atoms with van der Waals surface area (Å²) in [7, 11) is 1.49. The Labute approximate surface area is 80.9 Å². The molecule has 0 atom stereocenters. The maximum absolute atomic E-state index is 10.2. The molecule has 1 aromatic rings. The zero-order valence-electron chi connectivity index (χ0n) is 7.73. The highest BCUT2D eigenvalue weighted by Gasteiger charge is 2.29. The summed E-state index contributed by atoms with van der Waals surface area (Å²) in [5.41, 5.74) is 1.22. The van der Waals surface area contributed by atoms with E-state index < -0.39 is 0 Å². The lowest BCUT2D eigenvalue weighted by atomic mass is 10.2. The lowest BCUT2D eigenvalue weighted by Crippen LogP contribution is -1.94. The Kier molecular flexibility index (Phi) is 2.24. The minimum Gasteiger partial charge on any atom is -0.479 e. The highest BCUT2D eigenvalue weighted by molar-refractivity contribution is 5.59. The van der Waals surface area contributed by atoms with Gasteiger partial charge in [0.15, 0.2) is 5.69 Å². The lowest BCUT2D eigenvalue weighted by molar-refractivity contribution is 0.397. The third kappa shape index (κ3) is 1.49.